The fraction of sp³-hybridized carbons (Fsp3) is 0.833. The largest absolute Gasteiger partial charge is 0.394 e. The number of carbonyl (C=O) groups excluding carboxylic acids is 1. The third-order valence-electron chi connectivity index (χ3n) is 9.10. The van der Waals surface area contributed by atoms with E-state index in [0.29, 0.717) is 6.42 Å². The van der Waals surface area contributed by atoms with Gasteiger partial charge < -0.3 is 15.5 Å². The molecule has 0 aromatic rings. The Balaban J connectivity index is 3.57. The zero-order valence-corrected chi connectivity index (χ0v) is 30.8. The summed E-state index contributed by atoms with van der Waals surface area (Å²) < 4.78 is 0. The Kier molecular flexibility index (Phi) is 36.9. The number of hydrogen-bond acceptors (Lipinski definition) is 3. The molecule has 0 rings (SSSR count). The molecule has 0 fully saturated rings. The van der Waals surface area contributed by atoms with E-state index in [4.69, 9.17) is 0 Å². The van der Waals surface area contributed by atoms with Crippen molar-refractivity contribution in [2.24, 2.45) is 0 Å². The van der Waals surface area contributed by atoms with Crippen molar-refractivity contribution in [1.29, 1.82) is 0 Å². The van der Waals surface area contributed by atoms with E-state index < -0.39 is 12.1 Å². The minimum atomic E-state index is -0.860. The normalized spacial score (nSPS) is 13.4. The van der Waals surface area contributed by atoms with Crippen molar-refractivity contribution in [3.8, 4) is 0 Å². The van der Waals surface area contributed by atoms with Crippen LogP contribution in [-0.2, 0) is 4.79 Å². The maximum atomic E-state index is 12.3. The summed E-state index contributed by atoms with van der Waals surface area (Å²) in [5, 5.41) is 22.8. The molecule has 4 heteroatoms. The minimum absolute atomic E-state index is 0.0799. The second-order valence-electron chi connectivity index (χ2n) is 13.7. The van der Waals surface area contributed by atoms with E-state index >= 15 is 0 Å². The molecule has 4 nitrogen and oxygen atoms in total. The van der Waals surface area contributed by atoms with Crippen molar-refractivity contribution < 1.29 is 15.0 Å². The molecule has 0 saturated carbocycles. The summed E-state index contributed by atoms with van der Waals surface area (Å²) in [7, 11) is 0. The number of nitrogens with one attached hydrogen (secondary N) is 1. The predicted octanol–water partition coefficient (Wildman–Crippen LogP) is 12.2. The number of aliphatic hydroxyl groups excluding tert-OH is 2. The van der Waals surface area contributed by atoms with E-state index in [9.17, 15) is 15.0 Å². The number of amides is 1. The highest BCUT2D eigenvalue weighted by molar-refractivity contribution is 5.76. The van der Waals surface area contributed by atoms with E-state index in [0.717, 1.165) is 32.1 Å². The molecular weight excluding hydrogens is 566 g/mol. The second-order valence-corrected chi connectivity index (χ2v) is 13.7. The third kappa shape index (κ3) is 34.0. The molecular formula is C42H79NO3. The molecule has 46 heavy (non-hydrogen) atoms. The fourth-order valence-electron chi connectivity index (χ4n) is 5.95. The van der Waals surface area contributed by atoms with Gasteiger partial charge in [0.25, 0.3) is 0 Å². The highest BCUT2D eigenvalue weighted by atomic mass is 16.3. The Bertz CT molecular complexity index is 701. The minimum Gasteiger partial charge on any atom is -0.394 e. The van der Waals surface area contributed by atoms with Crippen molar-refractivity contribution in [3.05, 3.63) is 36.5 Å². The average Bonchev–Trinajstić information content (AvgIpc) is 3.06. The topological polar surface area (TPSA) is 69.6 Å². The standard InChI is InChI=1S/C42H79NO3/c1-3-5-7-9-11-13-15-16-17-18-19-20-21-22-23-24-25-26-28-30-32-34-36-38-42(46)43-40(39-44)41(45)37-35-33-31-29-27-14-12-10-8-6-4-2/h22-23,27,29,35,37,40-41,44-45H,3-21,24-26,28,30-34,36,38-39H2,1-2H3,(H,43,46)/b23-22-,29-27+,37-35+. The van der Waals surface area contributed by atoms with Crippen molar-refractivity contribution in [2.45, 2.75) is 219 Å². The molecule has 270 valence electrons. The zero-order chi connectivity index (χ0) is 33.6. The first kappa shape index (κ1) is 44.6. The van der Waals surface area contributed by atoms with Gasteiger partial charge in [-0.15, -0.1) is 0 Å². The lowest BCUT2D eigenvalue weighted by atomic mass is 10.0. The lowest BCUT2D eigenvalue weighted by Gasteiger charge is -2.19. The van der Waals surface area contributed by atoms with Crippen LogP contribution in [0.25, 0.3) is 0 Å². The molecule has 0 aliphatic carbocycles. The zero-order valence-electron chi connectivity index (χ0n) is 30.8. The highest BCUT2D eigenvalue weighted by Crippen LogP contribution is 2.14. The first-order valence-corrected chi connectivity index (χ1v) is 20.2. The number of hydrogen-bond donors (Lipinski definition) is 3. The van der Waals surface area contributed by atoms with Gasteiger partial charge in [0.15, 0.2) is 0 Å². The van der Waals surface area contributed by atoms with Gasteiger partial charge in [-0.25, -0.2) is 0 Å². The number of unbranched alkanes of at least 4 members (excludes halogenated alkanes) is 25. The van der Waals surface area contributed by atoms with Crippen LogP contribution in [0.4, 0.5) is 0 Å². The summed E-state index contributed by atoms with van der Waals surface area (Å²) in [6.07, 6.45) is 49.6. The number of aliphatic hydroxyl groups is 2. The first-order valence-electron chi connectivity index (χ1n) is 20.2. The molecule has 2 atom stereocenters. The average molecular weight is 646 g/mol. The summed E-state index contributed by atoms with van der Waals surface area (Å²) in [5.74, 6) is -0.0799. The summed E-state index contributed by atoms with van der Waals surface area (Å²) in [6.45, 7) is 4.27. The summed E-state index contributed by atoms with van der Waals surface area (Å²) in [6, 6.07) is -0.638. The van der Waals surface area contributed by atoms with Crippen molar-refractivity contribution in [1.82, 2.24) is 5.32 Å². The molecule has 0 aromatic carbocycles. The molecule has 0 radical (unpaired) electrons. The molecule has 0 aromatic heterocycles. The number of rotatable bonds is 36. The van der Waals surface area contributed by atoms with Crippen LogP contribution in [0.2, 0.25) is 0 Å². The van der Waals surface area contributed by atoms with Crippen LogP contribution in [0.1, 0.15) is 206 Å². The Hall–Kier alpha value is -1.39. The van der Waals surface area contributed by atoms with Crippen LogP contribution in [0.5, 0.6) is 0 Å². The summed E-state index contributed by atoms with van der Waals surface area (Å²) in [5.41, 5.74) is 0. The van der Waals surface area contributed by atoms with Gasteiger partial charge >= 0.3 is 0 Å². The molecule has 0 heterocycles. The van der Waals surface area contributed by atoms with Gasteiger partial charge in [0, 0.05) is 6.42 Å². The molecule has 0 aliphatic rings. The van der Waals surface area contributed by atoms with Gasteiger partial charge in [0.05, 0.1) is 18.8 Å². The number of carbonyl (C=O) groups is 1. The SMILES string of the molecule is CCCCCCC/C=C/CC/C=C/C(O)C(CO)NC(=O)CCCCCCCCC/C=C\CCCCCCCCCCCCCC. The maximum absolute atomic E-state index is 12.3. The van der Waals surface area contributed by atoms with Gasteiger partial charge in [-0.2, -0.15) is 0 Å². The predicted molar refractivity (Wildman–Crippen MR) is 202 cm³/mol. The lowest BCUT2D eigenvalue weighted by molar-refractivity contribution is -0.123. The third-order valence-corrected chi connectivity index (χ3v) is 9.10. The number of allylic oxidation sites excluding steroid dienone is 5. The van der Waals surface area contributed by atoms with Crippen LogP contribution >= 0.6 is 0 Å². The summed E-state index contributed by atoms with van der Waals surface area (Å²) in [4.78, 5) is 12.3. The Morgan fingerprint density at radius 2 is 0.848 bits per heavy atom. The van der Waals surface area contributed by atoms with Crippen LogP contribution in [-0.4, -0.2) is 34.9 Å². The van der Waals surface area contributed by atoms with Gasteiger partial charge in [0.1, 0.15) is 0 Å². The Morgan fingerprint density at radius 1 is 0.500 bits per heavy atom. The van der Waals surface area contributed by atoms with Crippen molar-refractivity contribution >= 4 is 5.91 Å². The smallest absolute Gasteiger partial charge is 0.220 e. The van der Waals surface area contributed by atoms with Gasteiger partial charge in [-0.1, -0.05) is 179 Å². The molecule has 3 N–H and O–H groups in total. The molecule has 2 unspecified atom stereocenters. The van der Waals surface area contributed by atoms with Crippen molar-refractivity contribution in [3.63, 3.8) is 0 Å². The molecule has 0 bridgehead atoms. The second kappa shape index (κ2) is 38.1. The van der Waals surface area contributed by atoms with Gasteiger partial charge in [0.2, 0.25) is 5.91 Å². The highest BCUT2D eigenvalue weighted by Gasteiger charge is 2.17. The lowest BCUT2D eigenvalue weighted by Crippen LogP contribution is -2.45. The quantitative estimate of drug-likeness (QED) is 0.0469. The van der Waals surface area contributed by atoms with E-state index in [1.807, 2.05) is 6.08 Å². The molecule has 0 saturated heterocycles. The van der Waals surface area contributed by atoms with E-state index in [1.165, 1.54) is 154 Å². The maximum Gasteiger partial charge on any atom is 0.220 e. The van der Waals surface area contributed by atoms with Crippen LogP contribution in [0.15, 0.2) is 36.5 Å². The van der Waals surface area contributed by atoms with Gasteiger partial charge in [-0.3, -0.25) is 4.79 Å². The van der Waals surface area contributed by atoms with E-state index in [2.05, 4.69) is 43.5 Å². The first-order chi connectivity index (χ1) is 22.7. The van der Waals surface area contributed by atoms with E-state index in [1.54, 1.807) is 6.08 Å². The van der Waals surface area contributed by atoms with Crippen LogP contribution < -0.4 is 5.32 Å². The monoisotopic (exact) mass is 646 g/mol. The molecule has 1 amide bonds. The van der Waals surface area contributed by atoms with Crippen LogP contribution in [0, 0.1) is 0 Å². The Morgan fingerprint density at radius 3 is 1.26 bits per heavy atom. The van der Waals surface area contributed by atoms with Crippen LogP contribution in [0.3, 0.4) is 0 Å². The fourth-order valence-corrected chi connectivity index (χ4v) is 5.95. The Labute approximate surface area is 287 Å². The van der Waals surface area contributed by atoms with E-state index in [-0.39, 0.29) is 12.5 Å². The van der Waals surface area contributed by atoms with Gasteiger partial charge in [-0.05, 0) is 57.8 Å². The summed E-state index contributed by atoms with van der Waals surface area (Å²) >= 11 is 0. The van der Waals surface area contributed by atoms with Crippen molar-refractivity contribution in [2.75, 3.05) is 6.61 Å². The molecule has 0 aliphatic heterocycles. The molecule has 0 spiro atoms.